The Kier molecular flexibility index (Phi) is 9.20. The summed E-state index contributed by atoms with van der Waals surface area (Å²) in [6.45, 7) is 0.457. The highest BCUT2D eigenvalue weighted by Crippen LogP contribution is 2.29. The van der Waals surface area contributed by atoms with E-state index in [9.17, 15) is 28.1 Å². The van der Waals surface area contributed by atoms with Gasteiger partial charge in [-0.2, -0.15) is 0 Å². The van der Waals surface area contributed by atoms with Crippen LogP contribution < -0.4 is 5.32 Å². The van der Waals surface area contributed by atoms with Gasteiger partial charge >= 0.3 is 0 Å². The quantitative estimate of drug-likeness (QED) is 0.120. The topological polar surface area (TPSA) is 128 Å². The number of nitrogens with one attached hydrogen (secondary N) is 1. The predicted molar refractivity (Wildman–Crippen MR) is 185 cm³/mol. The van der Waals surface area contributed by atoms with Gasteiger partial charge in [-0.05, 0) is 40.5 Å². The standard InChI is InChI=1S/C37H28ClN3O6S/c38-32-20-19-29(22-35(32)41(44)45)48(46,47)37(43)33(21-25-9-3-1-4-10-25)39-36(42)31-24-40(34-14-8-7-13-30(31)34)23-26-15-17-28(18-16-26)27-11-5-2-6-12-27/h1-20,22,24,33H,21,23H2,(H,39,42)/t33-/m0/s1. The molecule has 6 rings (SSSR count). The maximum Gasteiger partial charge on any atom is 0.289 e. The van der Waals surface area contributed by atoms with Crippen LogP contribution in [0.25, 0.3) is 22.0 Å². The molecule has 1 heterocycles. The Balaban J connectivity index is 1.31. The van der Waals surface area contributed by atoms with Crippen molar-refractivity contribution >= 4 is 49.1 Å². The molecule has 9 nitrogen and oxygen atoms in total. The highest BCUT2D eigenvalue weighted by molar-refractivity contribution is 8.06. The molecular weight excluding hydrogens is 650 g/mol. The number of halogens is 1. The number of carbonyl (C=O) groups is 2. The molecule has 0 aliphatic rings. The fourth-order valence-corrected chi connectivity index (χ4v) is 7.02. The minimum atomic E-state index is -4.78. The van der Waals surface area contributed by atoms with Gasteiger partial charge in [-0.3, -0.25) is 19.7 Å². The average molecular weight is 678 g/mol. The lowest BCUT2D eigenvalue weighted by Gasteiger charge is -2.18. The summed E-state index contributed by atoms with van der Waals surface area (Å²) in [4.78, 5) is 37.6. The molecule has 0 radical (unpaired) electrons. The number of para-hydroxylation sites is 1. The van der Waals surface area contributed by atoms with Gasteiger partial charge in [0.25, 0.3) is 16.7 Å². The molecule has 0 aliphatic heterocycles. The monoisotopic (exact) mass is 677 g/mol. The number of amides is 1. The smallest absolute Gasteiger partial charge is 0.289 e. The van der Waals surface area contributed by atoms with Gasteiger partial charge in [0.1, 0.15) is 11.1 Å². The summed E-state index contributed by atoms with van der Waals surface area (Å²) in [6, 6.07) is 35.5. The molecule has 1 atom stereocenters. The molecule has 1 amide bonds. The summed E-state index contributed by atoms with van der Waals surface area (Å²) in [7, 11) is -4.78. The van der Waals surface area contributed by atoms with Gasteiger partial charge in [0, 0.05) is 36.1 Å². The summed E-state index contributed by atoms with van der Waals surface area (Å²) in [5.74, 6) is -0.643. The van der Waals surface area contributed by atoms with Crippen molar-refractivity contribution in [1.29, 1.82) is 0 Å². The number of hydrogen-bond acceptors (Lipinski definition) is 6. The average Bonchev–Trinajstić information content (AvgIpc) is 3.47. The van der Waals surface area contributed by atoms with Crippen molar-refractivity contribution in [2.45, 2.75) is 23.9 Å². The van der Waals surface area contributed by atoms with Gasteiger partial charge in [0.2, 0.25) is 9.84 Å². The van der Waals surface area contributed by atoms with Gasteiger partial charge in [-0.1, -0.05) is 115 Å². The van der Waals surface area contributed by atoms with Crippen molar-refractivity contribution in [2.75, 3.05) is 0 Å². The van der Waals surface area contributed by atoms with Crippen LogP contribution in [0.1, 0.15) is 21.5 Å². The number of nitro benzene ring substituents is 1. The third kappa shape index (κ3) is 6.76. The van der Waals surface area contributed by atoms with Crippen molar-refractivity contribution in [3.8, 4) is 11.1 Å². The van der Waals surface area contributed by atoms with E-state index in [1.807, 2.05) is 71.3 Å². The molecule has 0 saturated carbocycles. The molecule has 0 aliphatic carbocycles. The molecule has 0 unspecified atom stereocenters. The third-order valence-corrected chi connectivity index (χ3v) is 10.0. The number of rotatable bonds is 10. The summed E-state index contributed by atoms with van der Waals surface area (Å²) >= 11 is 5.88. The summed E-state index contributed by atoms with van der Waals surface area (Å²) < 4.78 is 29.0. The molecule has 0 saturated heterocycles. The van der Waals surface area contributed by atoms with Crippen LogP contribution >= 0.6 is 11.6 Å². The first-order chi connectivity index (χ1) is 23.1. The molecule has 5 aromatic carbocycles. The zero-order valence-electron chi connectivity index (χ0n) is 25.3. The van der Waals surface area contributed by atoms with Crippen LogP contribution in [0.3, 0.4) is 0 Å². The van der Waals surface area contributed by atoms with Crippen LogP contribution in [-0.4, -0.2) is 35.0 Å². The Labute approximate surface area is 281 Å². The Morgan fingerprint density at radius 3 is 2.10 bits per heavy atom. The zero-order chi connectivity index (χ0) is 33.8. The molecule has 0 spiro atoms. The normalized spacial score (nSPS) is 12.0. The Morgan fingerprint density at radius 2 is 1.42 bits per heavy atom. The number of carbonyl (C=O) groups excluding carboxylic acids is 2. The number of nitrogens with zero attached hydrogens (tertiary/aromatic N) is 2. The van der Waals surface area contributed by atoms with E-state index >= 15 is 0 Å². The summed E-state index contributed by atoms with van der Waals surface area (Å²) in [5, 5.41) is 13.1. The highest BCUT2D eigenvalue weighted by Gasteiger charge is 2.35. The molecule has 6 aromatic rings. The first kappa shape index (κ1) is 32.4. The number of benzene rings is 5. The molecule has 0 bridgehead atoms. The van der Waals surface area contributed by atoms with Crippen molar-refractivity contribution in [3.05, 3.63) is 165 Å². The second kappa shape index (κ2) is 13.6. The fourth-order valence-electron chi connectivity index (χ4n) is 5.57. The van der Waals surface area contributed by atoms with E-state index in [4.69, 9.17) is 11.6 Å². The number of nitro groups is 1. The van der Waals surface area contributed by atoms with Gasteiger partial charge < -0.3 is 9.88 Å². The van der Waals surface area contributed by atoms with Crippen LogP contribution in [0.5, 0.6) is 0 Å². The molecule has 1 N–H and O–H groups in total. The second-order valence-corrected chi connectivity index (χ2v) is 13.4. The van der Waals surface area contributed by atoms with Gasteiger partial charge in [-0.15, -0.1) is 0 Å². The first-order valence-corrected chi connectivity index (χ1v) is 16.8. The maximum absolute atomic E-state index is 13.9. The predicted octanol–water partition coefficient (Wildman–Crippen LogP) is 7.26. The van der Waals surface area contributed by atoms with E-state index in [1.165, 1.54) is 0 Å². The molecular formula is C37H28ClN3O6S. The van der Waals surface area contributed by atoms with Crippen LogP contribution in [0.2, 0.25) is 5.02 Å². The van der Waals surface area contributed by atoms with Gasteiger partial charge in [0.15, 0.2) is 0 Å². The summed E-state index contributed by atoms with van der Waals surface area (Å²) in [5.41, 5.74) is 4.17. The van der Waals surface area contributed by atoms with Gasteiger partial charge in [-0.25, -0.2) is 8.42 Å². The van der Waals surface area contributed by atoms with Crippen molar-refractivity contribution in [1.82, 2.24) is 9.88 Å². The SMILES string of the molecule is O=C(N[C@@H](Cc1ccccc1)C(=O)S(=O)(=O)c1ccc(Cl)c([N+](=O)[O-])c1)c1cn(Cc2ccc(-c3ccccc3)cc2)c2ccccc12. The Morgan fingerprint density at radius 1 is 0.792 bits per heavy atom. The molecule has 0 fully saturated rings. The maximum atomic E-state index is 13.9. The molecule has 48 heavy (non-hydrogen) atoms. The first-order valence-electron chi connectivity index (χ1n) is 14.9. The fraction of sp³-hybridized carbons (Fsp3) is 0.0811. The Hall–Kier alpha value is -5.58. The lowest BCUT2D eigenvalue weighted by molar-refractivity contribution is -0.384. The van der Waals surface area contributed by atoms with E-state index in [1.54, 1.807) is 48.7 Å². The number of fused-ring (bicyclic) bond motifs is 1. The van der Waals surface area contributed by atoms with E-state index in [0.29, 0.717) is 17.5 Å². The van der Waals surface area contributed by atoms with Crippen LogP contribution in [0.4, 0.5) is 5.69 Å². The molecule has 11 heteroatoms. The lowest BCUT2D eigenvalue weighted by atomic mass is 10.0. The zero-order valence-corrected chi connectivity index (χ0v) is 26.9. The minimum Gasteiger partial charge on any atom is -0.342 e. The van der Waals surface area contributed by atoms with Gasteiger partial charge in [0.05, 0.1) is 15.4 Å². The van der Waals surface area contributed by atoms with Crippen LogP contribution in [0, 0.1) is 10.1 Å². The molecule has 1 aromatic heterocycles. The second-order valence-electron chi connectivity index (χ2n) is 11.2. The van der Waals surface area contributed by atoms with Crippen molar-refractivity contribution in [3.63, 3.8) is 0 Å². The summed E-state index contributed by atoms with van der Waals surface area (Å²) in [6.07, 6.45) is 1.55. The number of aromatic nitrogens is 1. The number of sulfone groups is 1. The highest BCUT2D eigenvalue weighted by atomic mass is 35.5. The largest absolute Gasteiger partial charge is 0.342 e. The van der Waals surface area contributed by atoms with Crippen LogP contribution in [-0.2, 0) is 27.6 Å². The third-order valence-electron chi connectivity index (χ3n) is 8.01. The van der Waals surface area contributed by atoms with Crippen LogP contribution in [0.15, 0.2) is 138 Å². The van der Waals surface area contributed by atoms with E-state index in [2.05, 4.69) is 5.32 Å². The number of hydrogen-bond donors (Lipinski definition) is 1. The van der Waals surface area contributed by atoms with E-state index in [0.717, 1.165) is 40.4 Å². The lowest BCUT2D eigenvalue weighted by Crippen LogP contribution is -2.45. The Bertz CT molecular complexity index is 2250. The van der Waals surface area contributed by atoms with E-state index < -0.39 is 42.4 Å². The minimum absolute atomic E-state index is 0.132. The van der Waals surface area contributed by atoms with Crippen molar-refractivity contribution < 1.29 is 22.9 Å². The molecule has 240 valence electrons. The van der Waals surface area contributed by atoms with E-state index in [-0.39, 0.29) is 17.0 Å². The van der Waals surface area contributed by atoms with Crippen molar-refractivity contribution in [2.24, 2.45) is 0 Å².